The number of rotatable bonds is 10. The molecule has 0 saturated carbocycles. The molecule has 2 rings (SSSR count). The van der Waals surface area contributed by atoms with Gasteiger partial charge in [-0.1, -0.05) is 73.5 Å². The van der Waals surface area contributed by atoms with Crippen molar-refractivity contribution in [3.8, 4) is 0 Å². The first-order valence-corrected chi connectivity index (χ1v) is 11.1. The molecule has 162 valence electrons. The molecule has 0 spiro atoms. The minimum atomic E-state index is -0.502. The Bertz CT molecular complexity index is 853. The number of halogens is 1. The molecule has 1 N–H and O–H groups in total. The summed E-state index contributed by atoms with van der Waals surface area (Å²) in [7, 11) is 0. The maximum atomic E-state index is 13.3. The lowest BCUT2D eigenvalue weighted by Gasteiger charge is -2.31. The molecule has 4 nitrogen and oxygen atoms in total. The van der Waals surface area contributed by atoms with Gasteiger partial charge in [-0.15, -0.1) is 0 Å². The van der Waals surface area contributed by atoms with Gasteiger partial charge in [-0.25, -0.2) is 0 Å². The van der Waals surface area contributed by atoms with E-state index in [2.05, 4.69) is 11.4 Å². The van der Waals surface area contributed by atoms with Crippen LogP contribution in [0.1, 0.15) is 56.7 Å². The molecule has 2 amide bonds. The lowest BCUT2D eigenvalue weighted by molar-refractivity contribution is -0.141. The number of benzene rings is 2. The standard InChI is InChI=1S/C25H33ClN2O2/c1-5-19(4)27-25(30)23(6-2)28(17-20-11-9-10-18(3)16-20)24(29)15-14-21-12-7-8-13-22(21)26/h7-13,16,19,23H,5-6,14-15,17H2,1-4H3,(H,27,30)/t19-,23-/m1/s1. The highest BCUT2D eigenvalue weighted by Crippen LogP contribution is 2.19. The fourth-order valence-electron chi connectivity index (χ4n) is 3.45. The summed E-state index contributed by atoms with van der Waals surface area (Å²) in [6.07, 6.45) is 2.27. The van der Waals surface area contributed by atoms with Gasteiger partial charge in [0.05, 0.1) is 0 Å². The molecular weight excluding hydrogens is 396 g/mol. The third-order valence-corrected chi connectivity index (χ3v) is 5.76. The van der Waals surface area contributed by atoms with Gasteiger partial charge in [-0.3, -0.25) is 9.59 Å². The van der Waals surface area contributed by atoms with Crippen molar-refractivity contribution in [2.24, 2.45) is 0 Å². The van der Waals surface area contributed by atoms with E-state index in [1.165, 1.54) is 0 Å². The van der Waals surface area contributed by atoms with Crippen LogP contribution in [-0.2, 0) is 22.6 Å². The highest BCUT2D eigenvalue weighted by Gasteiger charge is 2.29. The fourth-order valence-corrected chi connectivity index (χ4v) is 3.68. The minimum Gasteiger partial charge on any atom is -0.352 e. The Morgan fingerprint density at radius 3 is 2.43 bits per heavy atom. The SMILES string of the molecule is CC[C@@H](C)NC(=O)[C@@H](CC)N(Cc1cccc(C)c1)C(=O)CCc1ccccc1Cl. The van der Waals surface area contributed by atoms with E-state index in [-0.39, 0.29) is 17.9 Å². The quantitative estimate of drug-likeness (QED) is 0.558. The molecule has 0 radical (unpaired) electrons. The molecule has 0 saturated heterocycles. The number of carbonyl (C=O) groups is 2. The van der Waals surface area contributed by atoms with Crippen molar-refractivity contribution in [1.29, 1.82) is 0 Å². The van der Waals surface area contributed by atoms with Gasteiger partial charge in [0.1, 0.15) is 6.04 Å². The van der Waals surface area contributed by atoms with Crippen LogP contribution in [0, 0.1) is 6.92 Å². The number of nitrogens with one attached hydrogen (secondary N) is 1. The molecule has 2 aromatic carbocycles. The van der Waals surface area contributed by atoms with Crippen molar-refractivity contribution in [3.05, 3.63) is 70.2 Å². The first-order valence-electron chi connectivity index (χ1n) is 10.7. The summed E-state index contributed by atoms with van der Waals surface area (Å²) >= 11 is 6.26. The van der Waals surface area contributed by atoms with Crippen molar-refractivity contribution < 1.29 is 9.59 Å². The van der Waals surface area contributed by atoms with Crippen molar-refractivity contribution in [1.82, 2.24) is 10.2 Å². The van der Waals surface area contributed by atoms with E-state index in [0.29, 0.717) is 30.8 Å². The largest absolute Gasteiger partial charge is 0.352 e. The van der Waals surface area contributed by atoms with E-state index in [0.717, 1.165) is 23.1 Å². The average molecular weight is 429 g/mol. The predicted octanol–water partition coefficient (Wildman–Crippen LogP) is 5.30. The van der Waals surface area contributed by atoms with Gasteiger partial charge in [0.25, 0.3) is 0 Å². The van der Waals surface area contributed by atoms with Gasteiger partial charge in [0.15, 0.2) is 0 Å². The van der Waals surface area contributed by atoms with Gasteiger partial charge in [0, 0.05) is 24.0 Å². The summed E-state index contributed by atoms with van der Waals surface area (Å²) in [5.74, 6) is -0.131. The molecule has 2 atom stereocenters. The van der Waals surface area contributed by atoms with Crippen molar-refractivity contribution in [3.63, 3.8) is 0 Å². The molecule has 0 aliphatic rings. The third kappa shape index (κ3) is 6.88. The second-order valence-corrected chi connectivity index (χ2v) is 8.25. The molecule has 0 fully saturated rings. The second-order valence-electron chi connectivity index (χ2n) is 7.84. The fraction of sp³-hybridized carbons (Fsp3) is 0.440. The Hall–Kier alpha value is -2.33. The zero-order valence-corrected chi connectivity index (χ0v) is 19.2. The number of carbonyl (C=O) groups excluding carboxylic acids is 2. The minimum absolute atomic E-state index is 0.0393. The maximum Gasteiger partial charge on any atom is 0.243 e. The molecule has 0 aliphatic heterocycles. The van der Waals surface area contributed by atoms with Crippen LogP contribution in [0.15, 0.2) is 48.5 Å². The molecular formula is C25H33ClN2O2. The number of aryl methyl sites for hydroxylation is 2. The number of amides is 2. The average Bonchev–Trinajstić information content (AvgIpc) is 2.72. The van der Waals surface area contributed by atoms with Crippen LogP contribution in [0.2, 0.25) is 5.02 Å². The molecule has 2 aromatic rings. The van der Waals surface area contributed by atoms with Gasteiger partial charge in [-0.05, 0) is 50.3 Å². The van der Waals surface area contributed by atoms with Crippen LogP contribution in [0.4, 0.5) is 0 Å². The van der Waals surface area contributed by atoms with E-state index in [1.54, 1.807) is 4.90 Å². The first-order chi connectivity index (χ1) is 14.3. The first kappa shape index (κ1) is 23.9. The van der Waals surface area contributed by atoms with Gasteiger partial charge >= 0.3 is 0 Å². The molecule has 30 heavy (non-hydrogen) atoms. The predicted molar refractivity (Wildman–Crippen MR) is 123 cm³/mol. The Morgan fingerprint density at radius 2 is 1.80 bits per heavy atom. The summed E-state index contributed by atoms with van der Waals surface area (Å²) in [6, 6.07) is 15.2. The van der Waals surface area contributed by atoms with Gasteiger partial charge in [0.2, 0.25) is 11.8 Å². The number of nitrogens with zero attached hydrogens (tertiary/aromatic N) is 1. The van der Waals surface area contributed by atoms with Crippen LogP contribution in [0.25, 0.3) is 0 Å². The molecule has 5 heteroatoms. The monoisotopic (exact) mass is 428 g/mol. The third-order valence-electron chi connectivity index (χ3n) is 5.39. The number of hydrogen-bond donors (Lipinski definition) is 1. The summed E-state index contributed by atoms with van der Waals surface area (Å²) in [5.41, 5.74) is 3.10. The summed E-state index contributed by atoms with van der Waals surface area (Å²) in [6.45, 7) is 8.40. The topological polar surface area (TPSA) is 49.4 Å². The van der Waals surface area contributed by atoms with Gasteiger partial charge < -0.3 is 10.2 Å². The van der Waals surface area contributed by atoms with E-state index in [4.69, 9.17) is 11.6 Å². The summed E-state index contributed by atoms with van der Waals surface area (Å²) in [4.78, 5) is 28.0. The second kappa shape index (κ2) is 11.8. The van der Waals surface area contributed by atoms with Crippen LogP contribution in [-0.4, -0.2) is 28.8 Å². The Morgan fingerprint density at radius 1 is 1.07 bits per heavy atom. The van der Waals surface area contributed by atoms with Crippen LogP contribution >= 0.6 is 11.6 Å². The molecule has 0 aliphatic carbocycles. The van der Waals surface area contributed by atoms with E-state index < -0.39 is 6.04 Å². The van der Waals surface area contributed by atoms with Crippen molar-refractivity contribution >= 4 is 23.4 Å². The lowest BCUT2D eigenvalue weighted by Crippen LogP contribution is -2.50. The highest BCUT2D eigenvalue weighted by molar-refractivity contribution is 6.31. The highest BCUT2D eigenvalue weighted by atomic mass is 35.5. The van der Waals surface area contributed by atoms with E-state index in [1.807, 2.05) is 70.2 Å². The summed E-state index contributed by atoms with van der Waals surface area (Å²) < 4.78 is 0. The van der Waals surface area contributed by atoms with Gasteiger partial charge in [-0.2, -0.15) is 0 Å². The molecule has 0 unspecified atom stereocenters. The van der Waals surface area contributed by atoms with Crippen molar-refractivity contribution in [2.45, 2.75) is 72.0 Å². The Kier molecular flexibility index (Phi) is 9.38. The Balaban J connectivity index is 2.23. The van der Waals surface area contributed by atoms with E-state index in [9.17, 15) is 9.59 Å². The van der Waals surface area contributed by atoms with Crippen LogP contribution in [0.5, 0.6) is 0 Å². The Labute approximate surface area is 185 Å². The molecule has 0 heterocycles. The van der Waals surface area contributed by atoms with E-state index >= 15 is 0 Å². The molecule has 0 aromatic heterocycles. The zero-order valence-electron chi connectivity index (χ0n) is 18.5. The normalized spacial score (nSPS) is 12.8. The van der Waals surface area contributed by atoms with Crippen LogP contribution in [0.3, 0.4) is 0 Å². The molecule has 0 bridgehead atoms. The maximum absolute atomic E-state index is 13.3. The smallest absolute Gasteiger partial charge is 0.243 e. The zero-order chi connectivity index (χ0) is 22.1. The summed E-state index contributed by atoms with van der Waals surface area (Å²) in [5, 5.41) is 3.71. The number of hydrogen-bond acceptors (Lipinski definition) is 2. The van der Waals surface area contributed by atoms with Crippen molar-refractivity contribution in [2.75, 3.05) is 0 Å². The lowest BCUT2D eigenvalue weighted by atomic mass is 10.0. The van der Waals surface area contributed by atoms with Crippen LogP contribution < -0.4 is 5.32 Å².